The van der Waals surface area contributed by atoms with Crippen molar-refractivity contribution in [1.29, 1.82) is 0 Å². The van der Waals surface area contributed by atoms with Crippen LogP contribution in [0.1, 0.15) is 40.0 Å². The van der Waals surface area contributed by atoms with Crippen LogP contribution in [0.25, 0.3) is 0 Å². The number of carbonyl (C=O) groups excluding carboxylic acids is 1. The molecule has 1 saturated heterocycles. The molecule has 0 aromatic carbocycles. The molecule has 3 nitrogen and oxygen atoms in total. The van der Waals surface area contributed by atoms with Crippen LogP contribution in [0.4, 0.5) is 0 Å². The van der Waals surface area contributed by atoms with Crippen molar-refractivity contribution in [2.75, 3.05) is 13.1 Å². The van der Waals surface area contributed by atoms with Crippen LogP contribution in [-0.4, -0.2) is 36.0 Å². The molecule has 0 aliphatic carbocycles. The SMILES string of the molecule is CC(=O)N(CC1CCCCN1)C(C)C. The van der Waals surface area contributed by atoms with Crippen molar-refractivity contribution < 1.29 is 4.79 Å². The van der Waals surface area contributed by atoms with Gasteiger partial charge in [0.05, 0.1) is 0 Å². The fourth-order valence-electron chi connectivity index (χ4n) is 2.02. The van der Waals surface area contributed by atoms with Gasteiger partial charge in [0.15, 0.2) is 0 Å². The molecule has 0 saturated carbocycles. The lowest BCUT2D eigenvalue weighted by Gasteiger charge is -2.32. The normalized spacial score (nSPS) is 22.4. The summed E-state index contributed by atoms with van der Waals surface area (Å²) in [5.74, 6) is 0.187. The molecule has 1 atom stereocenters. The average Bonchev–Trinajstić information content (AvgIpc) is 2.15. The first-order valence-electron chi connectivity index (χ1n) is 5.62. The van der Waals surface area contributed by atoms with E-state index < -0.39 is 0 Å². The van der Waals surface area contributed by atoms with Crippen molar-refractivity contribution in [3.8, 4) is 0 Å². The summed E-state index contributed by atoms with van der Waals surface area (Å²) in [6, 6.07) is 0.825. The predicted octanol–water partition coefficient (Wildman–Crippen LogP) is 1.39. The molecule has 1 aliphatic rings. The van der Waals surface area contributed by atoms with Gasteiger partial charge in [0.1, 0.15) is 0 Å². The van der Waals surface area contributed by atoms with E-state index in [0.29, 0.717) is 12.1 Å². The molecule has 82 valence electrons. The van der Waals surface area contributed by atoms with E-state index in [1.807, 2.05) is 4.90 Å². The largest absolute Gasteiger partial charge is 0.339 e. The zero-order valence-electron chi connectivity index (χ0n) is 9.55. The van der Waals surface area contributed by atoms with Crippen molar-refractivity contribution in [1.82, 2.24) is 10.2 Å². The summed E-state index contributed by atoms with van der Waals surface area (Å²) in [4.78, 5) is 13.3. The van der Waals surface area contributed by atoms with Crippen LogP contribution in [0.3, 0.4) is 0 Å². The summed E-state index contributed by atoms with van der Waals surface area (Å²) in [6.07, 6.45) is 3.77. The lowest BCUT2D eigenvalue weighted by Crippen LogP contribution is -2.47. The second-order valence-corrected chi connectivity index (χ2v) is 4.41. The zero-order chi connectivity index (χ0) is 10.6. The van der Waals surface area contributed by atoms with Crippen LogP contribution in [-0.2, 0) is 4.79 Å². The number of hydrogen-bond donors (Lipinski definition) is 1. The monoisotopic (exact) mass is 198 g/mol. The first kappa shape index (κ1) is 11.5. The van der Waals surface area contributed by atoms with E-state index in [-0.39, 0.29) is 5.91 Å². The highest BCUT2D eigenvalue weighted by Gasteiger charge is 2.19. The smallest absolute Gasteiger partial charge is 0.219 e. The van der Waals surface area contributed by atoms with Gasteiger partial charge < -0.3 is 10.2 Å². The van der Waals surface area contributed by atoms with Gasteiger partial charge >= 0.3 is 0 Å². The Kier molecular flexibility index (Phi) is 4.39. The van der Waals surface area contributed by atoms with Crippen LogP contribution < -0.4 is 5.32 Å². The minimum absolute atomic E-state index is 0.187. The lowest BCUT2D eigenvalue weighted by molar-refractivity contribution is -0.130. The maximum atomic E-state index is 11.4. The van der Waals surface area contributed by atoms with Crippen LogP contribution >= 0.6 is 0 Å². The van der Waals surface area contributed by atoms with E-state index in [2.05, 4.69) is 19.2 Å². The molecule has 0 aromatic rings. The molecular weight excluding hydrogens is 176 g/mol. The zero-order valence-corrected chi connectivity index (χ0v) is 9.55. The van der Waals surface area contributed by atoms with Gasteiger partial charge in [0.25, 0.3) is 0 Å². The standard InChI is InChI=1S/C11H22N2O/c1-9(2)13(10(3)14)8-11-6-4-5-7-12-11/h9,11-12H,4-8H2,1-3H3. The van der Waals surface area contributed by atoms with Gasteiger partial charge in [-0.3, -0.25) is 4.79 Å². The summed E-state index contributed by atoms with van der Waals surface area (Å²) >= 11 is 0. The van der Waals surface area contributed by atoms with Gasteiger partial charge in [-0.25, -0.2) is 0 Å². The van der Waals surface area contributed by atoms with Crippen LogP contribution in [0.5, 0.6) is 0 Å². The molecule has 0 radical (unpaired) electrons. The van der Waals surface area contributed by atoms with Crippen LogP contribution in [0.2, 0.25) is 0 Å². The summed E-state index contributed by atoms with van der Waals surface area (Å²) in [5, 5.41) is 3.47. The van der Waals surface area contributed by atoms with E-state index >= 15 is 0 Å². The van der Waals surface area contributed by atoms with Crippen LogP contribution in [0.15, 0.2) is 0 Å². The Morgan fingerprint density at radius 2 is 2.21 bits per heavy atom. The molecule has 1 aliphatic heterocycles. The fraction of sp³-hybridized carbons (Fsp3) is 0.909. The van der Waals surface area contributed by atoms with Gasteiger partial charge in [-0.2, -0.15) is 0 Å². The first-order chi connectivity index (χ1) is 6.61. The Morgan fingerprint density at radius 3 is 2.64 bits per heavy atom. The molecule has 0 bridgehead atoms. The van der Waals surface area contributed by atoms with Gasteiger partial charge in [0.2, 0.25) is 5.91 Å². The Labute approximate surface area is 86.9 Å². The highest BCUT2D eigenvalue weighted by Crippen LogP contribution is 2.10. The van der Waals surface area contributed by atoms with Crippen molar-refractivity contribution in [3.05, 3.63) is 0 Å². The molecule has 1 fully saturated rings. The maximum absolute atomic E-state index is 11.4. The Morgan fingerprint density at radius 1 is 1.50 bits per heavy atom. The van der Waals surface area contributed by atoms with E-state index in [9.17, 15) is 4.79 Å². The quantitative estimate of drug-likeness (QED) is 0.743. The number of carbonyl (C=O) groups is 1. The lowest BCUT2D eigenvalue weighted by atomic mass is 10.0. The highest BCUT2D eigenvalue weighted by molar-refractivity contribution is 5.73. The topological polar surface area (TPSA) is 32.3 Å². The highest BCUT2D eigenvalue weighted by atomic mass is 16.2. The molecule has 1 rings (SSSR count). The first-order valence-corrected chi connectivity index (χ1v) is 5.62. The van der Waals surface area contributed by atoms with Gasteiger partial charge in [-0.1, -0.05) is 6.42 Å². The molecule has 14 heavy (non-hydrogen) atoms. The molecule has 3 heteroatoms. The van der Waals surface area contributed by atoms with E-state index in [4.69, 9.17) is 0 Å². The second-order valence-electron chi connectivity index (χ2n) is 4.41. The average molecular weight is 198 g/mol. The third kappa shape index (κ3) is 3.29. The van der Waals surface area contributed by atoms with Crippen LogP contribution in [0, 0.1) is 0 Å². The van der Waals surface area contributed by atoms with E-state index in [1.54, 1.807) is 6.92 Å². The fourth-order valence-corrected chi connectivity index (χ4v) is 2.02. The molecule has 0 spiro atoms. The number of amides is 1. The number of piperidine rings is 1. The molecule has 1 N–H and O–H groups in total. The Balaban J connectivity index is 2.41. The number of nitrogens with zero attached hydrogens (tertiary/aromatic N) is 1. The van der Waals surface area contributed by atoms with Crippen molar-refractivity contribution in [3.63, 3.8) is 0 Å². The number of nitrogens with one attached hydrogen (secondary N) is 1. The summed E-state index contributed by atoms with van der Waals surface area (Å²) in [6.45, 7) is 7.78. The minimum atomic E-state index is 0.187. The third-order valence-electron chi connectivity index (χ3n) is 2.86. The van der Waals surface area contributed by atoms with Crippen molar-refractivity contribution in [2.24, 2.45) is 0 Å². The van der Waals surface area contributed by atoms with E-state index in [1.165, 1.54) is 19.3 Å². The molecule has 1 unspecified atom stereocenters. The van der Waals surface area contributed by atoms with Crippen molar-refractivity contribution in [2.45, 2.75) is 52.1 Å². The maximum Gasteiger partial charge on any atom is 0.219 e. The number of rotatable bonds is 3. The Hall–Kier alpha value is -0.570. The summed E-state index contributed by atoms with van der Waals surface area (Å²) in [7, 11) is 0. The number of hydrogen-bond acceptors (Lipinski definition) is 2. The Bertz CT molecular complexity index is 186. The van der Waals surface area contributed by atoms with Gasteiger partial charge in [-0.15, -0.1) is 0 Å². The predicted molar refractivity (Wildman–Crippen MR) is 58.2 cm³/mol. The minimum Gasteiger partial charge on any atom is -0.339 e. The van der Waals surface area contributed by atoms with E-state index in [0.717, 1.165) is 13.1 Å². The van der Waals surface area contributed by atoms with Crippen molar-refractivity contribution >= 4 is 5.91 Å². The van der Waals surface area contributed by atoms with Gasteiger partial charge in [-0.05, 0) is 33.2 Å². The summed E-state index contributed by atoms with van der Waals surface area (Å²) in [5.41, 5.74) is 0. The van der Waals surface area contributed by atoms with Gasteiger partial charge in [0, 0.05) is 25.6 Å². The third-order valence-corrected chi connectivity index (χ3v) is 2.86. The molecule has 1 heterocycles. The second kappa shape index (κ2) is 5.35. The molecule has 1 amide bonds. The molecular formula is C11H22N2O. The summed E-state index contributed by atoms with van der Waals surface area (Å²) < 4.78 is 0. The molecule has 0 aromatic heterocycles.